The summed E-state index contributed by atoms with van der Waals surface area (Å²) < 4.78 is 0. The van der Waals surface area contributed by atoms with Crippen molar-refractivity contribution >= 4 is 6.03 Å². The molecule has 0 radical (unpaired) electrons. The number of carbonyl (C=O) groups is 1. The largest absolute Gasteiger partial charge is 0.334 e. The average molecular weight is 347 g/mol. The summed E-state index contributed by atoms with van der Waals surface area (Å²) in [5.41, 5.74) is 2.05. The third-order valence-electron chi connectivity index (χ3n) is 4.65. The molecule has 132 valence electrons. The van der Waals surface area contributed by atoms with Gasteiger partial charge in [-0.1, -0.05) is 60.7 Å². The SMILES string of the molecule is O=C(NCc1ccccc1)N1CCC[C@H]1c1nc(-c2ccccc2)n[nH]1. The standard InChI is InChI=1S/C20H21N5O/c26-20(21-14-15-8-3-1-4-9-15)25-13-7-12-17(25)19-22-18(23-24-19)16-10-5-2-6-11-16/h1-6,8-11,17H,7,12-14H2,(H,21,26)(H,22,23,24)/t17-/m0/s1. The maximum Gasteiger partial charge on any atom is 0.318 e. The molecule has 2 heterocycles. The summed E-state index contributed by atoms with van der Waals surface area (Å²) >= 11 is 0. The minimum Gasteiger partial charge on any atom is -0.334 e. The van der Waals surface area contributed by atoms with Crippen molar-refractivity contribution in [2.45, 2.75) is 25.4 Å². The predicted molar refractivity (Wildman–Crippen MR) is 99.2 cm³/mol. The Morgan fingerprint density at radius 3 is 2.62 bits per heavy atom. The first-order chi connectivity index (χ1) is 12.8. The Kier molecular flexibility index (Phi) is 4.64. The fraction of sp³-hybridized carbons (Fsp3) is 0.250. The second kappa shape index (κ2) is 7.39. The molecule has 26 heavy (non-hydrogen) atoms. The van der Waals surface area contributed by atoms with Crippen LogP contribution in [-0.2, 0) is 6.54 Å². The Bertz CT molecular complexity index is 862. The van der Waals surface area contributed by atoms with Crippen molar-refractivity contribution in [3.8, 4) is 11.4 Å². The number of urea groups is 1. The van der Waals surface area contributed by atoms with Gasteiger partial charge < -0.3 is 10.2 Å². The summed E-state index contributed by atoms with van der Waals surface area (Å²) in [4.78, 5) is 19.1. The minimum atomic E-state index is -0.0611. The zero-order valence-electron chi connectivity index (χ0n) is 14.4. The van der Waals surface area contributed by atoms with Gasteiger partial charge in [-0.25, -0.2) is 9.78 Å². The quantitative estimate of drug-likeness (QED) is 0.758. The highest BCUT2D eigenvalue weighted by Crippen LogP contribution is 2.30. The minimum absolute atomic E-state index is 0.0595. The Labute approximate surface area is 152 Å². The molecule has 1 aliphatic rings. The molecule has 0 unspecified atom stereocenters. The van der Waals surface area contributed by atoms with Crippen LogP contribution in [0.1, 0.15) is 30.3 Å². The lowest BCUT2D eigenvalue weighted by molar-refractivity contribution is 0.190. The molecule has 1 aromatic heterocycles. The van der Waals surface area contributed by atoms with E-state index in [1.54, 1.807) is 0 Å². The van der Waals surface area contributed by atoms with Gasteiger partial charge in [0.2, 0.25) is 0 Å². The summed E-state index contributed by atoms with van der Waals surface area (Å²) in [6, 6.07) is 19.6. The number of aromatic amines is 1. The molecule has 1 saturated heterocycles. The summed E-state index contributed by atoms with van der Waals surface area (Å²) in [6.07, 6.45) is 1.85. The first-order valence-electron chi connectivity index (χ1n) is 8.87. The molecule has 0 bridgehead atoms. The maximum atomic E-state index is 12.6. The predicted octanol–water partition coefficient (Wildman–Crippen LogP) is 3.52. The second-order valence-corrected chi connectivity index (χ2v) is 6.41. The number of nitrogens with one attached hydrogen (secondary N) is 2. The van der Waals surface area contributed by atoms with Gasteiger partial charge in [-0.3, -0.25) is 5.10 Å². The van der Waals surface area contributed by atoms with Crippen LogP contribution >= 0.6 is 0 Å². The molecule has 2 amide bonds. The van der Waals surface area contributed by atoms with E-state index in [1.807, 2.05) is 65.6 Å². The van der Waals surface area contributed by atoms with Crippen molar-refractivity contribution in [1.82, 2.24) is 25.4 Å². The van der Waals surface area contributed by atoms with Gasteiger partial charge in [0.25, 0.3) is 0 Å². The van der Waals surface area contributed by atoms with Crippen molar-refractivity contribution in [1.29, 1.82) is 0 Å². The van der Waals surface area contributed by atoms with Gasteiger partial charge >= 0.3 is 6.03 Å². The lowest BCUT2D eigenvalue weighted by Crippen LogP contribution is -2.39. The van der Waals surface area contributed by atoms with E-state index in [4.69, 9.17) is 0 Å². The Hall–Kier alpha value is -3.15. The topological polar surface area (TPSA) is 73.9 Å². The average Bonchev–Trinajstić information content (AvgIpc) is 3.37. The highest BCUT2D eigenvalue weighted by Gasteiger charge is 2.32. The Balaban J connectivity index is 1.45. The first kappa shape index (κ1) is 16.3. The number of benzene rings is 2. The van der Waals surface area contributed by atoms with Gasteiger partial charge in [-0.05, 0) is 18.4 Å². The van der Waals surface area contributed by atoms with E-state index in [2.05, 4.69) is 20.5 Å². The van der Waals surface area contributed by atoms with E-state index in [1.165, 1.54) is 0 Å². The van der Waals surface area contributed by atoms with E-state index in [0.717, 1.165) is 36.3 Å². The molecule has 6 nitrogen and oxygen atoms in total. The van der Waals surface area contributed by atoms with Gasteiger partial charge in [-0.15, -0.1) is 0 Å². The molecule has 6 heteroatoms. The van der Waals surface area contributed by atoms with Crippen LogP contribution in [0, 0.1) is 0 Å². The van der Waals surface area contributed by atoms with Crippen LogP contribution < -0.4 is 5.32 Å². The normalized spacial score (nSPS) is 16.6. The number of aromatic nitrogens is 3. The number of rotatable bonds is 4. The Morgan fingerprint density at radius 1 is 1.12 bits per heavy atom. The summed E-state index contributed by atoms with van der Waals surface area (Å²) in [5, 5.41) is 10.3. The summed E-state index contributed by atoms with van der Waals surface area (Å²) in [5.74, 6) is 1.41. The van der Waals surface area contributed by atoms with Gasteiger partial charge in [0.1, 0.15) is 5.82 Å². The fourth-order valence-corrected chi connectivity index (χ4v) is 3.31. The van der Waals surface area contributed by atoms with Crippen LogP contribution in [0.2, 0.25) is 0 Å². The van der Waals surface area contributed by atoms with Crippen molar-refractivity contribution in [2.24, 2.45) is 0 Å². The van der Waals surface area contributed by atoms with Crippen molar-refractivity contribution in [3.63, 3.8) is 0 Å². The van der Waals surface area contributed by atoms with Crippen LogP contribution in [0.4, 0.5) is 4.79 Å². The van der Waals surface area contributed by atoms with E-state index in [-0.39, 0.29) is 12.1 Å². The van der Waals surface area contributed by atoms with Crippen molar-refractivity contribution in [3.05, 3.63) is 72.1 Å². The molecule has 0 aliphatic carbocycles. The third kappa shape index (κ3) is 3.44. The zero-order valence-corrected chi connectivity index (χ0v) is 14.4. The molecule has 1 aliphatic heterocycles. The Morgan fingerprint density at radius 2 is 1.85 bits per heavy atom. The zero-order chi connectivity index (χ0) is 17.8. The number of nitrogens with zero attached hydrogens (tertiary/aromatic N) is 3. The van der Waals surface area contributed by atoms with Gasteiger partial charge in [0.05, 0.1) is 6.04 Å². The number of H-pyrrole nitrogens is 1. The molecule has 3 aromatic rings. The molecule has 4 rings (SSSR count). The summed E-state index contributed by atoms with van der Waals surface area (Å²) in [6.45, 7) is 1.25. The number of likely N-dealkylation sites (tertiary alicyclic amines) is 1. The maximum absolute atomic E-state index is 12.6. The number of amides is 2. The number of hydrogen-bond acceptors (Lipinski definition) is 3. The van der Waals surface area contributed by atoms with Crippen LogP contribution in [0.5, 0.6) is 0 Å². The van der Waals surface area contributed by atoms with Crippen LogP contribution in [-0.4, -0.2) is 32.7 Å². The van der Waals surface area contributed by atoms with Crippen LogP contribution in [0.15, 0.2) is 60.7 Å². The third-order valence-corrected chi connectivity index (χ3v) is 4.65. The monoisotopic (exact) mass is 347 g/mol. The number of hydrogen-bond donors (Lipinski definition) is 2. The van der Waals surface area contributed by atoms with E-state index >= 15 is 0 Å². The summed E-state index contributed by atoms with van der Waals surface area (Å²) in [7, 11) is 0. The molecule has 1 fully saturated rings. The van der Waals surface area contributed by atoms with Gasteiger partial charge in [0, 0.05) is 18.7 Å². The lowest BCUT2D eigenvalue weighted by atomic mass is 10.2. The van der Waals surface area contributed by atoms with Crippen LogP contribution in [0.3, 0.4) is 0 Å². The highest BCUT2D eigenvalue weighted by molar-refractivity contribution is 5.75. The molecule has 2 N–H and O–H groups in total. The molecule has 2 aromatic carbocycles. The molecule has 0 spiro atoms. The lowest BCUT2D eigenvalue weighted by Gasteiger charge is -2.23. The molecular weight excluding hydrogens is 326 g/mol. The number of carbonyl (C=O) groups excluding carboxylic acids is 1. The van der Waals surface area contributed by atoms with E-state index in [9.17, 15) is 4.79 Å². The van der Waals surface area contributed by atoms with Gasteiger partial charge in [0.15, 0.2) is 5.82 Å². The van der Waals surface area contributed by atoms with Gasteiger partial charge in [-0.2, -0.15) is 5.10 Å². The van der Waals surface area contributed by atoms with E-state index in [0.29, 0.717) is 12.4 Å². The first-order valence-corrected chi connectivity index (χ1v) is 8.87. The smallest absolute Gasteiger partial charge is 0.318 e. The van der Waals surface area contributed by atoms with Crippen molar-refractivity contribution < 1.29 is 4.79 Å². The fourth-order valence-electron chi connectivity index (χ4n) is 3.31. The van der Waals surface area contributed by atoms with Crippen LogP contribution in [0.25, 0.3) is 11.4 Å². The molecule has 0 saturated carbocycles. The second-order valence-electron chi connectivity index (χ2n) is 6.41. The molecular formula is C20H21N5O. The van der Waals surface area contributed by atoms with Crippen molar-refractivity contribution in [2.75, 3.05) is 6.54 Å². The van der Waals surface area contributed by atoms with E-state index < -0.39 is 0 Å². The highest BCUT2D eigenvalue weighted by atomic mass is 16.2. The molecule has 1 atom stereocenters.